The maximum absolute atomic E-state index is 13.7. The van der Waals surface area contributed by atoms with Crippen LogP contribution in [0.15, 0.2) is 114 Å². The van der Waals surface area contributed by atoms with Crippen molar-refractivity contribution in [1.82, 2.24) is 9.78 Å². The van der Waals surface area contributed by atoms with E-state index in [1.54, 1.807) is 10.9 Å². The summed E-state index contributed by atoms with van der Waals surface area (Å²) in [6.45, 7) is 0. The number of ketones is 1. The Kier molecular flexibility index (Phi) is 4.58. The van der Waals surface area contributed by atoms with Crippen molar-refractivity contribution in [2.75, 3.05) is 0 Å². The van der Waals surface area contributed by atoms with Crippen molar-refractivity contribution in [3.63, 3.8) is 0 Å². The summed E-state index contributed by atoms with van der Waals surface area (Å²) in [5.74, 6) is 1.04. The molecule has 2 heterocycles. The van der Waals surface area contributed by atoms with Gasteiger partial charge in [-0.3, -0.25) is 4.79 Å². The van der Waals surface area contributed by atoms with Crippen molar-refractivity contribution in [3.8, 4) is 28.3 Å². The molecule has 4 heteroatoms. The number of carbonyl (C=O) groups excluding carboxylic acids is 1. The van der Waals surface area contributed by atoms with Crippen molar-refractivity contribution < 1.29 is 9.21 Å². The number of aromatic nitrogens is 2. The standard InChI is InChI=1S/C26H18N2O2/c29-24(19-11-4-1-5-12-19)22-23(28-18-10-17-27-28)26(21-15-8-3-9-16-21)30-25(22)20-13-6-2-7-14-20/h1-18H. The highest BCUT2D eigenvalue weighted by atomic mass is 16.3. The van der Waals surface area contributed by atoms with Gasteiger partial charge >= 0.3 is 0 Å². The van der Waals surface area contributed by atoms with Crippen LogP contribution in [0, 0.1) is 0 Å². The van der Waals surface area contributed by atoms with Crippen LogP contribution in [-0.2, 0) is 0 Å². The highest BCUT2D eigenvalue weighted by Gasteiger charge is 2.29. The van der Waals surface area contributed by atoms with Crippen LogP contribution in [0.25, 0.3) is 28.3 Å². The van der Waals surface area contributed by atoms with Crippen LogP contribution in [0.2, 0.25) is 0 Å². The number of furan rings is 1. The van der Waals surface area contributed by atoms with Gasteiger partial charge in [-0.15, -0.1) is 0 Å². The van der Waals surface area contributed by atoms with Crippen LogP contribution >= 0.6 is 0 Å². The normalized spacial score (nSPS) is 10.8. The van der Waals surface area contributed by atoms with Crippen LogP contribution in [0.3, 0.4) is 0 Å². The van der Waals surface area contributed by atoms with E-state index in [1.807, 2.05) is 103 Å². The molecule has 0 spiro atoms. The molecule has 0 radical (unpaired) electrons. The van der Waals surface area contributed by atoms with Crippen molar-refractivity contribution in [2.24, 2.45) is 0 Å². The Morgan fingerprint density at radius 2 is 1.27 bits per heavy atom. The average Bonchev–Trinajstić information content (AvgIpc) is 3.48. The molecule has 5 rings (SSSR count). The molecule has 0 aliphatic heterocycles. The zero-order valence-electron chi connectivity index (χ0n) is 16.1. The average molecular weight is 390 g/mol. The Labute approximate surface area is 174 Å². The summed E-state index contributed by atoms with van der Waals surface area (Å²) in [5.41, 5.74) is 3.46. The predicted molar refractivity (Wildman–Crippen MR) is 117 cm³/mol. The minimum atomic E-state index is -0.106. The fourth-order valence-corrected chi connectivity index (χ4v) is 3.56. The first-order valence-electron chi connectivity index (χ1n) is 9.70. The van der Waals surface area contributed by atoms with E-state index in [2.05, 4.69) is 5.10 Å². The molecule has 0 saturated heterocycles. The van der Waals surface area contributed by atoms with Crippen LogP contribution in [0.4, 0.5) is 0 Å². The van der Waals surface area contributed by atoms with Crippen molar-refractivity contribution in [3.05, 3.63) is 121 Å². The molecule has 144 valence electrons. The second-order valence-corrected chi connectivity index (χ2v) is 6.86. The third-order valence-electron chi connectivity index (χ3n) is 4.95. The molecule has 0 amide bonds. The summed E-state index contributed by atoms with van der Waals surface area (Å²) in [6.07, 6.45) is 3.52. The minimum Gasteiger partial charge on any atom is -0.453 e. The Hall–Kier alpha value is -4.18. The first kappa shape index (κ1) is 17.9. The van der Waals surface area contributed by atoms with E-state index >= 15 is 0 Å². The predicted octanol–water partition coefficient (Wildman–Crippen LogP) is 6.03. The summed E-state index contributed by atoms with van der Waals surface area (Å²) in [7, 11) is 0. The molecule has 0 saturated carbocycles. The highest BCUT2D eigenvalue weighted by molar-refractivity contribution is 6.15. The van der Waals surface area contributed by atoms with Gasteiger partial charge in [-0.25, -0.2) is 4.68 Å². The molecule has 0 unspecified atom stereocenters. The van der Waals surface area contributed by atoms with E-state index in [1.165, 1.54) is 0 Å². The number of benzene rings is 3. The van der Waals surface area contributed by atoms with Crippen molar-refractivity contribution in [2.45, 2.75) is 0 Å². The first-order chi connectivity index (χ1) is 14.8. The van der Waals surface area contributed by atoms with Crippen molar-refractivity contribution in [1.29, 1.82) is 0 Å². The lowest BCUT2D eigenvalue weighted by Crippen LogP contribution is -2.07. The van der Waals surface area contributed by atoms with Gasteiger partial charge in [0, 0.05) is 29.1 Å². The molecular formula is C26H18N2O2. The summed E-state index contributed by atoms with van der Waals surface area (Å²) in [6, 6.07) is 30.6. The maximum Gasteiger partial charge on any atom is 0.199 e. The van der Waals surface area contributed by atoms with Gasteiger partial charge in [0.1, 0.15) is 11.4 Å². The molecule has 0 atom stereocenters. The van der Waals surface area contributed by atoms with E-state index < -0.39 is 0 Å². The fourth-order valence-electron chi connectivity index (χ4n) is 3.56. The SMILES string of the molecule is O=C(c1ccccc1)c1c(-c2ccccc2)oc(-c2ccccc2)c1-n1cccn1. The van der Waals surface area contributed by atoms with Crippen molar-refractivity contribution >= 4 is 5.78 Å². The van der Waals surface area contributed by atoms with E-state index in [-0.39, 0.29) is 5.78 Å². The second-order valence-electron chi connectivity index (χ2n) is 6.86. The van der Waals surface area contributed by atoms with Gasteiger partial charge in [0.05, 0.1) is 5.56 Å². The monoisotopic (exact) mass is 390 g/mol. The molecule has 0 fully saturated rings. The Morgan fingerprint density at radius 3 is 1.83 bits per heavy atom. The van der Waals surface area contributed by atoms with Gasteiger partial charge in [-0.2, -0.15) is 5.10 Å². The van der Waals surface area contributed by atoms with Gasteiger partial charge in [0.25, 0.3) is 0 Å². The Balaban J connectivity index is 1.84. The first-order valence-corrected chi connectivity index (χ1v) is 9.70. The molecule has 30 heavy (non-hydrogen) atoms. The Morgan fingerprint density at radius 1 is 0.700 bits per heavy atom. The van der Waals surface area contributed by atoms with Crippen LogP contribution in [-0.4, -0.2) is 15.6 Å². The van der Waals surface area contributed by atoms with Gasteiger partial charge in [0.2, 0.25) is 0 Å². The van der Waals surface area contributed by atoms with Crippen LogP contribution in [0.5, 0.6) is 0 Å². The topological polar surface area (TPSA) is 48.0 Å². The zero-order valence-corrected chi connectivity index (χ0v) is 16.1. The second kappa shape index (κ2) is 7.68. The molecule has 0 bridgehead atoms. The number of hydrogen-bond acceptors (Lipinski definition) is 3. The smallest absolute Gasteiger partial charge is 0.199 e. The van der Waals surface area contributed by atoms with Crippen LogP contribution in [0.1, 0.15) is 15.9 Å². The highest BCUT2D eigenvalue weighted by Crippen LogP contribution is 2.40. The van der Waals surface area contributed by atoms with Gasteiger partial charge in [-0.05, 0) is 6.07 Å². The minimum absolute atomic E-state index is 0.106. The summed E-state index contributed by atoms with van der Waals surface area (Å²) in [4.78, 5) is 13.7. The van der Waals surface area contributed by atoms with E-state index in [4.69, 9.17) is 4.42 Å². The number of carbonyl (C=O) groups is 1. The van der Waals surface area contributed by atoms with E-state index in [0.717, 1.165) is 11.1 Å². The molecule has 0 N–H and O–H groups in total. The molecule has 3 aromatic carbocycles. The summed E-state index contributed by atoms with van der Waals surface area (Å²) in [5, 5.41) is 4.42. The molecule has 2 aromatic heterocycles. The maximum atomic E-state index is 13.7. The molecule has 4 nitrogen and oxygen atoms in total. The fraction of sp³-hybridized carbons (Fsp3) is 0. The Bertz CT molecular complexity index is 1270. The van der Waals surface area contributed by atoms with Gasteiger partial charge in [0.15, 0.2) is 11.5 Å². The summed E-state index contributed by atoms with van der Waals surface area (Å²) >= 11 is 0. The third-order valence-corrected chi connectivity index (χ3v) is 4.95. The number of hydrogen-bond donors (Lipinski definition) is 0. The van der Waals surface area contributed by atoms with E-state index in [0.29, 0.717) is 28.3 Å². The van der Waals surface area contributed by atoms with E-state index in [9.17, 15) is 4.79 Å². The molecule has 5 aromatic rings. The number of rotatable bonds is 5. The third kappa shape index (κ3) is 3.14. The number of nitrogens with zero attached hydrogens (tertiary/aromatic N) is 2. The van der Waals surface area contributed by atoms with Gasteiger partial charge < -0.3 is 4.42 Å². The quantitative estimate of drug-likeness (QED) is 0.344. The van der Waals surface area contributed by atoms with Gasteiger partial charge in [-0.1, -0.05) is 91.0 Å². The largest absolute Gasteiger partial charge is 0.453 e. The van der Waals surface area contributed by atoms with Crippen LogP contribution < -0.4 is 0 Å². The molecule has 0 aliphatic rings. The summed E-state index contributed by atoms with van der Waals surface area (Å²) < 4.78 is 8.11. The lowest BCUT2D eigenvalue weighted by atomic mass is 9.98. The molecular weight excluding hydrogens is 372 g/mol. The zero-order chi connectivity index (χ0) is 20.3. The lowest BCUT2D eigenvalue weighted by Gasteiger charge is -2.07. The lowest BCUT2D eigenvalue weighted by molar-refractivity contribution is 0.103. The molecule has 0 aliphatic carbocycles.